The topological polar surface area (TPSA) is 0 Å². The Morgan fingerprint density at radius 1 is 0.552 bits per heavy atom. The molecule has 140 valence electrons. The van der Waals surface area contributed by atoms with Gasteiger partial charge in [-0.1, -0.05) is 93.6 Å². The Labute approximate surface area is 172 Å². The lowest BCUT2D eigenvalue weighted by Crippen LogP contribution is -2.14. The van der Waals surface area contributed by atoms with Gasteiger partial charge in [0.2, 0.25) is 0 Å². The van der Waals surface area contributed by atoms with E-state index < -0.39 is 0 Å². The Morgan fingerprint density at radius 2 is 1.14 bits per heavy atom. The average molecular weight is 373 g/mol. The van der Waals surface area contributed by atoms with Gasteiger partial charge in [-0.25, -0.2) is 0 Å². The predicted molar refractivity (Wildman–Crippen MR) is 122 cm³/mol. The van der Waals surface area contributed by atoms with E-state index in [1.165, 1.54) is 55.6 Å². The minimum absolute atomic E-state index is 0.0438. The molecule has 0 bridgehead atoms. The van der Waals surface area contributed by atoms with Crippen molar-refractivity contribution in [2.75, 3.05) is 0 Å². The molecule has 4 aromatic rings. The van der Waals surface area contributed by atoms with Gasteiger partial charge in [0.1, 0.15) is 0 Å². The molecule has 0 N–H and O–H groups in total. The molecule has 0 heteroatoms. The Hall–Kier alpha value is -3.12. The lowest BCUT2D eigenvalue weighted by atomic mass is 9.81. The average Bonchev–Trinajstić information content (AvgIpc) is 3.17. The van der Waals surface area contributed by atoms with Gasteiger partial charge in [0.15, 0.2) is 0 Å². The van der Waals surface area contributed by atoms with Crippen LogP contribution < -0.4 is 0 Å². The summed E-state index contributed by atoms with van der Waals surface area (Å²) in [6.07, 6.45) is 0. The Bertz CT molecular complexity index is 1290. The summed E-state index contributed by atoms with van der Waals surface area (Å²) in [6, 6.07) is 31.8. The predicted octanol–water partition coefficient (Wildman–Crippen LogP) is 7.79. The van der Waals surface area contributed by atoms with Crippen LogP contribution in [0.2, 0.25) is 0 Å². The monoisotopic (exact) mass is 372 g/mol. The normalized spacial score (nSPS) is 17.4. The van der Waals surface area contributed by atoms with E-state index in [-0.39, 0.29) is 5.41 Å². The molecule has 1 unspecified atom stereocenters. The Morgan fingerprint density at radius 3 is 1.97 bits per heavy atom. The molecule has 0 amide bonds. The van der Waals surface area contributed by atoms with Crippen LogP contribution in [0.25, 0.3) is 33.4 Å². The first-order chi connectivity index (χ1) is 14.1. The van der Waals surface area contributed by atoms with Crippen LogP contribution >= 0.6 is 0 Å². The molecule has 0 heterocycles. The zero-order chi connectivity index (χ0) is 19.8. The molecule has 0 spiro atoms. The summed E-state index contributed by atoms with van der Waals surface area (Å²) in [5.74, 6) is 0.455. The van der Waals surface area contributed by atoms with Crippen molar-refractivity contribution in [3.05, 3.63) is 107 Å². The van der Waals surface area contributed by atoms with E-state index in [0.717, 1.165) is 0 Å². The summed E-state index contributed by atoms with van der Waals surface area (Å²) in [7, 11) is 0. The fourth-order valence-corrected chi connectivity index (χ4v) is 5.52. The van der Waals surface area contributed by atoms with Crippen molar-refractivity contribution in [1.29, 1.82) is 0 Å². The van der Waals surface area contributed by atoms with E-state index in [4.69, 9.17) is 0 Å². The molecule has 0 fully saturated rings. The summed E-state index contributed by atoms with van der Waals surface area (Å²) in [6.45, 7) is 7.03. The quantitative estimate of drug-likeness (QED) is 0.320. The van der Waals surface area contributed by atoms with Crippen molar-refractivity contribution in [2.24, 2.45) is 0 Å². The van der Waals surface area contributed by atoms with Crippen molar-refractivity contribution >= 4 is 0 Å². The highest BCUT2D eigenvalue weighted by Crippen LogP contribution is 2.50. The zero-order valence-corrected chi connectivity index (χ0v) is 17.2. The van der Waals surface area contributed by atoms with E-state index in [9.17, 15) is 0 Å². The van der Waals surface area contributed by atoms with Crippen molar-refractivity contribution in [2.45, 2.75) is 32.1 Å². The van der Waals surface area contributed by atoms with E-state index in [2.05, 4.69) is 106 Å². The highest BCUT2D eigenvalue weighted by molar-refractivity contribution is 5.85. The standard InChI is InChI=1S/C29H24/c1-18-21-8-4-5-9-22(21)23-14-12-19(16-26(18)23)20-13-15-25-24-10-6-7-11-27(24)29(2,3)28(25)17-20/h4-18H,1-3H3. The van der Waals surface area contributed by atoms with E-state index >= 15 is 0 Å². The van der Waals surface area contributed by atoms with Gasteiger partial charge in [-0.05, 0) is 67.8 Å². The van der Waals surface area contributed by atoms with Crippen LogP contribution in [-0.2, 0) is 5.41 Å². The third-order valence-corrected chi connectivity index (χ3v) is 7.15. The van der Waals surface area contributed by atoms with Crippen LogP contribution in [0, 0.1) is 0 Å². The largest absolute Gasteiger partial charge is 0.0619 e. The minimum atomic E-state index is 0.0438. The third kappa shape index (κ3) is 2.20. The number of benzene rings is 4. The third-order valence-electron chi connectivity index (χ3n) is 7.15. The van der Waals surface area contributed by atoms with Crippen LogP contribution in [-0.4, -0.2) is 0 Å². The van der Waals surface area contributed by atoms with Crippen LogP contribution in [0.5, 0.6) is 0 Å². The maximum absolute atomic E-state index is 2.42. The minimum Gasteiger partial charge on any atom is -0.0619 e. The van der Waals surface area contributed by atoms with Gasteiger partial charge >= 0.3 is 0 Å². The highest BCUT2D eigenvalue weighted by atomic mass is 14.4. The van der Waals surface area contributed by atoms with Crippen LogP contribution in [0.15, 0.2) is 84.9 Å². The SMILES string of the molecule is CC1c2ccccc2-c2ccc(-c3ccc4c(c3)C(C)(C)c3ccccc3-4)cc21. The molecular formula is C29H24. The van der Waals surface area contributed by atoms with E-state index in [0.29, 0.717) is 5.92 Å². The van der Waals surface area contributed by atoms with Crippen molar-refractivity contribution < 1.29 is 0 Å². The second kappa shape index (κ2) is 5.70. The molecule has 0 nitrogen and oxygen atoms in total. The molecule has 0 radical (unpaired) electrons. The van der Waals surface area contributed by atoms with Gasteiger partial charge in [0, 0.05) is 11.3 Å². The second-order valence-corrected chi connectivity index (χ2v) is 9.04. The number of hydrogen-bond acceptors (Lipinski definition) is 0. The molecule has 4 aromatic carbocycles. The lowest BCUT2D eigenvalue weighted by molar-refractivity contribution is 0.660. The first-order valence-electron chi connectivity index (χ1n) is 10.5. The van der Waals surface area contributed by atoms with Gasteiger partial charge in [0.25, 0.3) is 0 Å². The number of hydrogen-bond donors (Lipinski definition) is 0. The molecule has 0 saturated heterocycles. The van der Waals surface area contributed by atoms with Crippen molar-refractivity contribution in [3.8, 4) is 33.4 Å². The van der Waals surface area contributed by atoms with E-state index in [1.807, 2.05) is 0 Å². The molecule has 29 heavy (non-hydrogen) atoms. The molecule has 0 aliphatic heterocycles. The molecule has 0 saturated carbocycles. The van der Waals surface area contributed by atoms with Crippen LogP contribution in [0.1, 0.15) is 48.9 Å². The van der Waals surface area contributed by atoms with E-state index in [1.54, 1.807) is 0 Å². The molecule has 0 aromatic heterocycles. The van der Waals surface area contributed by atoms with Crippen LogP contribution in [0.4, 0.5) is 0 Å². The Kier molecular flexibility index (Phi) is 3.30. The number of rotatable bonds is 1. The summed E-state index contributed by atoms with van der Waals surface area (Å²) in [5, 5.41) is 0. The smallest absolute Gasteiger partial charge is 0.0159 e. The molecule has 2 aliphatic rings. The number of fused-ring (bicyclic) bond motifs is 6. The lowest BCUT2D eigenvalue weighted by Gasteiger charge is -2.22. The van der Waals surface area contributed by atoms with Gasteiger partial charge in [0.05, 0.1) is 0 Å². The summed E-state index contributed by atoms with van der Waals surface area (Å²) in [4.78, 5) is 0. The molecule has 2 aliphatic carbocycles. The maximum atomic E-state index is 2.42. The fourth-order valence-electron chi connectivity index (χ4n) is 5.52. The van der Waals surface area contributed by atoms with Gasteiger partial charge in [-0.15, -0.1) is 0 Å². The first kappa shape index (κ1) is 16.8. The van der Waals surface area contributed by atoms with Crippen molar-refractivity contribution in [1.82, 2.24) is 0 Å². The van der Waals surface area contributed by atoms with Gasteiger partial charge < -0.3 is 0 Å². The first-order valence-corrected chi connectivity index (χ1v) is 10.5. The zero-order valence-electron chi connectivity index (χ0n) is 17.2. The highest BCUT2D eigenvalue weighted by Gasteiger charge is 2.35. The summed E-state index contributed by atoms with van der Waals surface area (Å²) in [5.41, 5.74) is 14.0. The molecule has 1 atom stereocenters. The molecule has 6 rings (SSSR count). The summed E-state index contributed by atoms with van der Waals surface area (Å²) >= 11 is 0. The van der Waals surface area contributed by atoms with Crippen molar-refractivity contribution in [3.63, 3.8) is 0 Å². The summed E-state index contributed by atoms with van der Waals surface area (Å²) < 4.78 is 0. The second-order valence-electron chi connectivity index (χ2n) is 9.04. The van der Waals surface area contributed by atoms with Gasteiger partial charge in [-0.2, -0.15) is 0 Å². The maximum Gasteiger partial charge on any atom is 0.0159 e. The van der Waals surface area contributed by atoms with Crippen LogP contribution in [0.3, 0.4) is 0 Å². The molecular weight excluding hydrogens is 348 g/mol. The van der Waals surface area contributed by atoms with Gasteiger partial charge in [-0.3, -0.25) is 0 Å². The fraction of sp³-hybridized carbons (Fsp3) is 0.172. The Balaban J connectivity index is 1.49.